The van der Waals surface area contributed by atoms with Crippen molar-refractivity contribution >= 4 is 11.9 Å². The molecule has 96 valence electrons. The first-order chi connectivity index (χ1) is 8.49. The summed E-state index contributed by atoms with van der Waals surface area (Å²) in [5, 5.41) is 2.73. The third-order valence-corrected chi connectivity index (χ3v) is 3.39. The smallest absolute Gasteiger partial charge is 0.332 e. The van der Waals surface area contributed by atoms with Gasteiger partial charge >= 0.3 is 5.97 Å². The van der Waals surface area contributed by atoms with Gasteiger partial charge in [0.25, 0.3) is 0 Å². The van der Waals surface area contributed by atoms with Crippen LogP contribution in [0.1, 0.15) is 30.4 Å². The van der Waals surface area contributed by atoms with Crippen molar-refractivity contribution in [1.82, 2.24) is 5.32 Å². The first-order valence-electron chi connectivity index (χ1n) is 5.93. The second kappa shape index (κ2) is 4.44. The molecule has 0 aromatic heterocycles. The van der Waals surface area contributed by atoms with Crippen molar-refractivity contribution in [2.45, 2.75) is 31.7 Å². The van der Waals surface area contributed by atoms with Gasteiger partial charge in [0.2, 0.25) is 5.91 Å². The number of hydrogen-bond acceptors (Lipinski definition) is 3. The standard InChI is InChI=1S/C14H17NO3/c1-9-4-6-11(7-5-9)12-8-14(12,13(17)18-3)15-10(2)16/h4-7,12H,8H2,1-3H3,(H,15,16)/t12-,14-/m1/s1. The molecule has 0 heterocycles. The normalized spacial score (nSPS) is 25.4. The highest BCUT2D eigenvalue weighted by atomic mass is 16.5. The van der Waals surface area contributed by atoms with Crippen LogP contribution in [0.3, 0.4) is 0 Å². The van der Waals surface area contributed by atoms with Crippen LogP contribution >= 0.6 is 0 Å². The molecule has 1 fully saturated rings. The van der Waals surface area contributed by atoms with Gasteiger partial charge in [-0.25, -0.2) is 4.79 Å². The number of carbonyl (C=O) groups excluding carboxylic acids is 2. The lowest BCUT2D eigenvalue weighted by Gasteiger charge is -2.16. The average Bonchev–Trinajstić information content (AvgIpc) is 3.03. The van der Waals surface area contributed by atoms with Gasteiger partial charge in [-0.2, -0.15) is 0 Å². The monoisotopic (exact) mass is 247 g/mol. The molecule has 4 nitrogen and oxygen atoms in total. The molecule has 4 heteroatoms. The third kappa shape index (κ3) is 2.10. The van der Waals surface area contributed by atoms with Crippen LogP contribution in [0.5, 0.6) is 0 Å². The summed E-state index contributed by atoms with van der Waals surface area (Å²) in [6.07, 6.45) is 0.600. The van der Waals surface area contributed by atoms with Crippen LogP contribution in [-0.2, 0) is 14.3 Å². The van der Waals surface area contributed by atoms with Crippen LogP contribution in [0.4, 0.5) is 0 Å². The maximum absolute atomic E-state index is 11.8. The number of methoxy groups -OCH3 is 1. The molecule has 0 bridgehead atoms. The molecule has 0 radical (unpaired) electrons. The Morgan fingerprint density at radius 2 is 1.94 bits per heavy atom. The minimum absolute atomic E-state index is 0.00875. The van der Waals surface area contributed by atoms with Crippen molar-refractivity contribution in [2.24, 2.45) is 0 Å². The molecule has 1 aromatic rings. The van der Waals surface area contributed by atoms with E-state index in [1.165, 1.54) is 19.6 Å². The van der Waals surface area contributed by atoms with Crippen LogP contribution in [0.25, 0.3) is 0 Å². The highest BCUT2D eigenvalue weighted by Crippen LogP contribution is 2.52. The minimum atomic E-state index is -0.865. The zero-order valence-corrected chi connectivity index (χ0v) is 10.8. The fourth-order valence-electron chi connectivity index (χ4n) is 2.38. The summed E-state index contributed by atoms with van der Waals surface area (Å²) in [6.45, 7) is 3.42. The van der Waals surface area contributed by atoms with E-state index in [9.17, 15) is 9.59 Å². The predicted octanol–water partition coefficient (Wildman–Crippen LogP) is 1.53. The van der Waals surface area contributed by atoms with Crippen molar-refractivity contribution in [2.75, 3.05) is 7.11 Å². The molecule has 18 heavy (non-hydrogen) atoms. The fraction of sp³-hybridized carbons (Fsp3) is 0.429. The maximum Gasteiger partial charge on any atom is 0.332 e. The van der Waals surface area contributed by atoms with Gasteiger partial charge in [-0.15, -0.1) is 0 Å². The van der Waals surface area contributed by atoms with Gasteiger partial charge in [0.15, 0.2) is 0 Å². The molecule has 0 saturated heterocycles. The number of hydrogen-bond donors (Lipinski definition) is 1. The highest BCUT2D eigenvalue weighted by molar-refractivity contribution is 5.92. The predicted molar refractivity (Wildman–Crippen MR) is 67.1 cm³/mol. The van der Waals surface area contributed by atoms with E-state index in [1.807, 2.05) is 31.2 Å². The summed E-state index contributed by atoms with van der Waals surface area (Å²) in [5.74, 6) is -0.576. The highest BCUT2D eigenvalue weighted by Gasteiger charge is 2.62. The number of benzene rings is 1. The van der Waals surface area contributed by atoms with E-state index < -0.39 is 5.54 Å². The lowest BCUT2D eigenvalue weighted by Crippen LogP contribution is -2.44. The Morgan fingerprint density at radius 1 is 1.33 bits per heavy atom. The Labute approximate surface area is 106 Å². The van der Waals surface area contributed by atoms with Crippen molar-refractivity contribution in [3.05, 3.63) is 35.4 Å². The molecule has 1 aromatic carbocycles. The van der Waals surface area contributed by atoms with E-state index in [0.29, 0.717) is 6.42 Å². The van der Waals surface area contributed by atoms with E-state index in [4.69, 9.17) is 4.74 Å². The topological polar surface area (TPSA) is 55.4 Å². The Kier molecular flexibility index (Phi) is 3.11. The van der Waals surface area contributed by atoms with Crippen molar-refractivity contribution in [1.29, 1.82) is 0 Å². The molecule has 2 atom stereocenters. The van der Waals surface area contributed by atoms with Gasteiger partial charge in [-0.1, -0.05) is 29.8 Å². The van der Waals surface area contributed by atoms with Crippen LogP contribution < -0.4 is 5.32 Å². The lowest BCUT2D eigenvalue weighted by molar-refractivity contribution is -0.146. The molecular formula is C14H17NO3. The first kappa shape index (κ1) is 12.6. The number of carbonyl (C=O) groups is 2. The maximum atomic E-state index is 11.8. The molecular weight excluding hydrogens is 230 g/mol. The second-order valence-electron chi connectivity index (χ2n) is 4.81. The quantitative estimate of drug-likeness (QED) is 0.824. The Bertz CT molecular complexity index is 480. The van der Waals surface area contributed by atoms with Gasteiger partial charge in [-0.05, 0) is 18.9 Å². The van der Waals surface area contributed by atoms with Crippen LogP contribution in [0, 0.1) is 6.92 Å². The van der Waals surface area contributed by atoms with Crippen molar-refractivity contribution < 1.29 is 14.3 Å². The molecule has 1 N–H and O–H groups in total. The number of amides is 1. The number of nitrogens with one attached hydrogen (secondary N) is 1. The largest absolute Gasteiger partial charge is 0.467 e. The number of rotatable bonds is 3. The molecule has 2 rings (SSSR count). The molecule has 1 aliphatic rings. The molecule has 0 unspecified atom stereocenters. The van der Waals surface area contributed by atoms with Gasteiger partial charge in [0.1, 0.15) is 5.54 Å². The van der Waals surface area contributed by atoms with Gasteiger partial charge in [-0.3, -0.25) is 4.79 Å². The molecule has 0 aliphatic heterocycles. The molecule has 0 spiro atoms. The molecule has 1 saturated carbocycles. The number of aryl methyl sites for hydroxylation is 1. The summed E-state index contributed by atoms with van der Waals surface area (Å²) in [7, 11) is 1.34. The van der Waals surface area contributed by atoms with Gasteiger partial charge < -0.3 is 10.1 Å². The SMILES string of the molecule is COC(=O)[C@@]1(NC(C)=O)C[C@@H]1c1ccc(C)cc1. The number of ether oxygens (including phenoxy) is 1. The van der Waals surface area contributed by atoms with Crippen LogP contribution in [0.15, 0.2) is 24.3 Å². The average molecular weight is 247 g/mol. The van der Waals surface area contributed by atoms with Crippen molar-refractivity contribution in [3.63, 3.8) is 0 Å². The Morgan fingerprint density at radius 3 is 2.44 bits per heavy atom. The zero-order valence-electron chi connectivity index (χ0n) is 10.8. The lowest BCUT2D eigenvalue weighted by atomic mass is 10.0. The first-order valence-corrected chi connectivity index (χ1v) is 5.93. The molecule has 1 aliphatic carbocycles. The van der Waals surface area contributed by atoms with E-state index in [0.717, 1.165) is 5.56 Å². The van der Waals surface area contributed by atoms with E-state index in [2.05, 4.69) is 5.32 Å². The summed E-state index contributed by atoms with van der Waals surface area (Å²) >= 11 is 0. The second-order valence-corrected chi connectivity index (χ2v) is 4.81. The van der Waals surface area contributed by atoms with Crippen LogP contribution in [-0.4, -0.2) is 24.5 Å². The van der Waals surface area contributed by atoms with Crippen LogP contribution in [0.2, 0.25) is 0 Å². The third-order valence-electron chi connectivity index (χ3n) is 3.39. The molecule has 1 amide bonds. The minimum Gasteiger partial charge on any atom is -0.467 e. The van der Waals surface area contributed by atoms with Crippen molar-refractivity contribution in [3.8, 4) is 0 Å². The van der Waals surface area contributed by atoms with Gasteiger partial charge in [0.05, 0.1) is 7.11 Å². The summed E-state index contributed by atoms with van der Waals surface area (Å²) < 4.78 is 4.80. The van der Waals surface area contributed by atoms with E-state index in [-0.39, 0.29) is 17.8 Å². The summed E-state index contributed by atoms with van der Waals surface area (Å²) in [4.78, 5) is 23.1. The fourth-order valence-corrected chi connectivity index (χ4v) is 2.38. The summed E-state index contributed by atoms with van der Waals surface area (Å²) in [5.41, 5.74) is 1.36. The Balaban J connectivity index is 2.24. The van der Waals surface area contributed by atoms with E-state index >= 15 is 0 Å². The van der Waals surface area contributed by atoms with Gasteiger partial charge in [0, 0.05) is 12.8 Å². The van der Waals surface area contributed by atoms with E-state index in [1.54, 1.807) is 0 Å². The number of esters is 1. The Hall–Kier alpha value is -1.84. The summed E-state index contributed by atoms with van der Waals surface area (Å²) in [6, 6.07) is 7.99. The zero-order chi connectivity index (χ0) is 13.3.